The van der Waals surface area contributed by atoms with Crippen molar-refractivity contribution in [3.8, 4) is 0 Å². The maximum atomic E-state index is 6.11. The molecule has 0 amide bonds. The van der Waals surface area contributed by atoms with Gasteiger partial charge in [0.1, 0.15) is 0 Å². The molecule has 1 rings (SSSR count). The van der Waals surface area contributed by atoms with Crippen molar-refractivity contribution in [1.82, 2.24) is 3.11 Å². The molecule has 0 spiro atoms. The zero-order valence-corrected chi connectivity index (χ0v) is 8.44. The van der Waals surface area contributed by atoms with Crippen molar-refractivity contribution in [2.24, 2.45) is 0 Å². The molecule has 0 radical (unpaired) electrons. The number of nitrogens with zero attached hydrogens (tertiary/aromatic N) is 1. The first-order valence-electron chi connectivity index (χ1n) is 3.20. The molecule has 1 heterocycles. The Kier molecular flexibility index (Phi) is 2.63. The molecule has 0 aromatic heterocycles. The number of piperidine rings is 1. The summed E-state index contributed by atoms with van der Waals surface area (Å²) in [5.41, 5.74) is 0. The van der Waals surface area contributed by atoms with Crippen molar-refractivity contribution >= 4 is 34.5 Å². The molecule has 54 valence electrons. The predicted molar refractivity (Wildman–Crippen MR) is 49.1 cm³/mol. The Bertz CT molecular complexity index is 95.2. The Hall–Kier alpha value is 0.980. The van der Waals surface area contributed by atoms with Gasteiger partial charge in [-0.1, -0.05) is 0 Å². The molecular weight excluding hydrogens is 248 g/mol. The molecule has 0 unspecified atom stereocenters. The van der Waals surface area contributed by atoms with E-state index in [4.69, 9.17) is 11.6 Å². The molecular formula is C6H11ClIN. The molecule has 0 aliphatic carbocycles. The zero-order valence-electron chi connectivity index (χ0n) is 5.53. The summed E-state index contributed by atoms with van der Waals surface area (Å²) >= 11 is 8.46. The first-order valence-corrected chi connectivity index (χ1v) is 4.54. The van der Waals surface area contributed by atoms with Crippen LogP contribution in [0.1, 0.15) is 19.8 Å². The van der Waals surface area contributed by atoms with Crippen molar-refractivity contribution in [3.63, 3.8) is 0 Å². The average molecular weight is 260 g/mol. The van der Waals surface area contributed by atoms with Crippen LogP contribution in [0.15, 0.2) is 0 Å². The van der Waals surface area contributed by atoms with Gasteiger partial charge in [0.2, 0.25) is 0 Å². The highest BCUT2D eigenvalue weighted by Gasteiger charge is 2.26. The largest absolute Gasteiger partial charge is 0.247 e. The van der Waals surface area contributed by atoms with Gasteiger partial charge in [0.25, 0.3) is 0 Å². The third-order valence-corrected chi connectivity index (χ3v) is 3.09. The van der Waals surface area contributed by atoms with Crippen LogP contribution in [0.2, 0.25) is 0 Å². The maximum absolute atomic E-state index is 6.11. The Morgan fingerprint density at radius 3 is 2.22 bits per heavy atom. The molecule has 0 saturated carbocycles. The number of halogens is 2. The van der Waals surface area contributed by atoms with E-state index in [2.05, 4.69) is 32.9 Å². The van der Waals surface area contributed by atoms with Crippen molar-refractivity contribution in [2.45, 2.75) is 24.6 Å². The Labute approximate surface area is 75.2 Å². The van der Waals surface area contributed by atoms with E-state index in [0.717, 1.165) is 25.9 Å². The molecule has 0 aromatic rings. The van der Waals surface area contributed by atoms with Gasteiger partial charge in [-0.05, 0) is 19.8 Å². The number of hydrogen-bond donors (Lipinski definition) is 0. The van der Waals surface area contributed by atoms with Crippen molar-refractivity contribution in [1.29, 1.82) is 0 Å². The first kappa shape index (κ1) is 8.08. The fraction of sp³-hybridized carbons (Fsp3) is 1.00. The van der Waals surface area contributed by atoms with Gasteiger partial charge < -0.3 is 0 Å². The zero-order chi connectivity index (χ0) is 6.91. The minimum absolute atomic E-state index is 0.0850. The third-order valence-electron chi connectivity index (χ3n) is 1.75. The molecule has 0 aromatic carbocycles. The molecule has 1 nitrogen and oxygen atoms in total. The maximum Gasteiger partial charge on any atom is 0.0443 e. The topological polar surface area (TPSA) is 3.24 Å². The van der Waals surface area contributed by atoms with Gasteiger partial charge in [0.05, 0.1) is 0 Å². The molecule has 0 atom stereocenters. The van der Waals surface area contributed by atoms with E-state index in [1.165, 1.54) is 0 Å². The van der Waals surface area contributed by atoms with Gasteiger partial charge in [-0.2, -0.15) is 0 Å². The summed E-state index contributed by atoms with van der Waals surface area (Å²) in [7, 11) is 0. The fourth-order valence-electron chi connectivity index (χ4n) is 0.946. The van der Waals surface area contributed by atoms with Crippen LogP contribution in [0, 0.1) is 0 Å². The molecule has 1 aliphatic rings. The SMILES string of the molecule is CC1(Cl)CCN(I)CC1. The van der Waals surface area contributed by atoms with E-state index in [1.807, 2.05) is 0 Å². The first-order chi connectivity index (χ1) is 4.10. The van der Waals surface area contributed by atoms with Crippen LogP contribution in [0.5, 0.6) is 0 Å². The van der Waals surface area contributed by atoms with Gasteiger partial charge in [0.15, 0.2) is 0 Å². The Morgan fingerprint density at radius 2 is 1.89 bits per heavy atom. The predicted octanol–water partition coefficient (Wildman–Crippen LogP) is 2.43. The molecule has 3 heteroatoms. The summed E-state index contributed by atoms with van der Waals surface area (Å²) in [5, 5.41) is 0. The minimum Gasteiger partial charge on any atom is -0.247 e. The van der Waals surface area contributed by atoms with Crippen LogP contribution in [-0.4, -0.2) is 21.1 Å². The lowest BCUT2D eigenvalue weighted by Crippen LogP contribution is -2.33. The monoisotopic (exact) mass is 259 g/mol. The lowest BCUT2D eigenvalue weighted by Gasteiger charge is -2.31. The van der Waals surface area contributed by atoms with Crippen LogP contribution in [0.25, 0.3) is 0 Å². The fourth-order valence-corrected chi connectivity index (χ4v) is 1.60. The van der Waals surface area contributed by atoms with Gasteiger partial charge in [-0.15, -0.1) is 11.6 Å². The van der Waals surface area contributed by atoms with Crippen molar-refractivity contribution < 1.29 is 0 Å². The second-order valence-electron chi connectivity index (χ2n) is 2.82. The summed E-state index contributed by atoms with van der Waals surface area (Å²) in [4.78, 5) is 0.0850. The summed E-state index contributed by atoms with van der Waals surface area (Å²) in [5.74, 6) is 0. The van der Waals surface area contributed by atoms with Gasteiger partial charge in [0, 0.05) is 40.8 Å². The van der Waals surface area contributed by atoms with Crippen LogP contribution < -0.4 is 0 Å². The quantitative estimate of drug-likeness (QED) is 0.367. The van der Waals surface area contributed by atoms with Crippen molar-refractivity contribution in [3.05, 3.63) is 0 Å². The molecule has 1 aliphatic heterocycles. The van der Waals surface area contributed by atoms with E-state index < -0.39 is 0 Å². The summed E-state index contributed by atoms with van der Waals surface area (Å²) < 4.78 is 2.29. The number of alkyl halides is 1. The third kappa shape index (κ3) is 2.60. The number of rotatable bonds is 0. The number of hydrogen-bond acceptors (Lipinski definition) is 1. The van der Waals surface area contributed by atoms with Gasteiger partial charge in [-0.25, -0.2) is 3.11 Å². The molecule has 0 N–H and O–H groups in total. The Morgan fingerprint density at radius 1 is 1.44 bits per heavy atom. The molecule has 0 bridgehead atoms. The highest BCUT2D eigenvalue weighted by Crippen LogP contribution is 2.29. The second-order valence-corrected chi connectivity index (χ2v) is 5.10. The lowest BCUT2D eigenvalue weighted by atomic mass is 10.00. The highest BCUT2D eigenvalue weighted by atomic mass is 127. The molecule has 1 fully saturated rings. The smallest absolute Gasteiger partial charge is 0.0443 e. The van der Waals surface area contributed by atoms with Crippen LogP contribution >= 0.6 is 34.5 Å². The van der Waals surface area contributed by atoms with Crippen LogP contribution in [0.4, 0.5) is 0 Å². The van der Waals surface area contributed by atoms with Gasteiger partial charge in [-0.3, -0.25) is 0 Å². The van der Waals surface area contributed by atoms with Crippen LogP contribution in [0.3, 0.4) is 0 Å². The van der Waals surface area contributed by atoms with E-state index in [-0.39, 0.29) is 4.87 Å². The molecule has 9 heavy (non-hydrogen) atoms. The second kappa shape index (κ2) is 2.93. The summed E-state index contributed by atoms with van der Waals surface area (Å²) in [6, 6.07) is 0. The summed E-state index contributed by atoms with van der Waals surface area (Å²) in [6.07, 6.45) is 2.25. The van der Waals surface area contributed by atoms with E-state index in [0.29, 0.717) is 0 Å². The molecule has 1 saturated heterocycles. The van der Waals surface area contributed by atoms with Crippen molar-refractivity contribution in [2.75, 3.05) is 13.1 Å². The normalized spacial score (nSPS) is 28.3. The Balaban J connectivity index is 2.35. The minimum atomic E-state index is 0.0850. The van der Waals surface area contributed by atoms with E-state index >= 15 is 0 Å². The summed E-state index contributed by atoms with van der Waals surface area (Å²) in [6.45, 7) is 4.40. The average Bonchev–Trinajstić information content (AvgIpc) is 1.78. The van der Waals surface area contributed by atoms with E-state index in [1.54, 1.807) is 0 Å². The van der Waals surface area contributed by atoms with E-state index in [9.17, 15) is 0 Å². The van der Waals surface area contributed by atoms with Crippen LogP contribution in [-0.2, 0) is 0 Å². The lowest BCUT2D eigenvalue weighted by molar-refractivity contribution is 0.349. The standard InChI is InChI=1S/C6H11ClIN/c1-6(7)2-4-9(8)5-3-6/h2-5H2,1H3. The highest BCUT2D eigenvalue weighted by molar-refractivity contribution is 14.1. The van der Waals surface area contributed by atoms with Gasteiger partial charge >= 0.3 is 0 Å².